The molecule has 1 unspecified atom stereocenters. The minimum Gasteiger partial charge on any atom is -0.316 e. The van der Waals surface area contributed by atoms with Crippen LogP contribution in [-0.4, -0.2) is 29.2 Å². The van der Waals surface area contributed by atoms with E-state index in [9.17, 15) is 4.79 Å². The zero-order valence-electron chi connectivity index (χ0n) is 11.0. The molecular weight excluding hydrogens is 228 g/mol. The third-order valence-corrected chi connectivity index (χ3v) is 3.36. The number of H-pyrrole nitrogens is 1. The molecule has 3 N–H and O–H groups in total. The second kappa shape index (κ2) is 6.54. The van der Waals surface area contributed by atoms with Gasteiger partial charge in [-0.2, -0.15) is 5.10 Å². The Kier molecular flexibility index (Phi) is 4.75. The summed E-state index contributed by atoms with van der Waals surface area (Å²) in [6.45, 7) is 4.26. The van der Waals surface area contributed by atoms with Gasteiger partial charge in [0.2, 0.25) is 5.91 Å². The molecule has 1 saturated heterocycles. The Labute approximate surface area is 108 Å². The summed E-state index contributed by atoms with van der Waals surface area (Å²) < 4.78 is 0. The molecule has 0 spiro atoms. The minimum atomic E-state index is 0.0662. The molecule has 1 aromatic heterocycles. The average molecular weight is 250 g/mol. The van der Waals surface area contributed by atoms with Crippen molar-refractivity contribution in [1.82, 2.24) is 15.5 Å². The van der Waals surface area contributed by atoms with Crippen molar-refractivity contribution in [2.45, 2.75) is 39.0 Å². The number of hydrogen-bond donors (Lipinski definition) is 3. The van der Waals surface area contributed by atoms with E-state index in [2.05, 4.69) is 27.8 Å². The number of aryl methyl sites for hydroxylation is 1. The molecule has 0 aliphatic carbocycles. The van der Waals surface area contributed by atoms with Crippen LogP contribution in [0.3, 0.4) is 0 Å². The molecule has 5 nitrogen and oxygen atoms in total. The molecular formula is C13H22N4O. The summed E-state index contributed by atoms with van der Waals surface area (Å²) in [5.41, 5.74) is 1.08. The highest BCUT2D eigenvalue weighted by Crippen LogP contribution is 2.15. The van der Waals surface area contributed by atoms with E-state index in [4.69, 9.17) is 0 Å². The quantitative estimate of drug-likeness (QED) is 0.719. The van der Waals surface area contributed by atoms with Crippen LogP contribution < -0.4 is 10.6 Å². The van der Waals surface area contributed by atoms with Gasteiger partial charge in [0.1, 0.15) is 0 Å². The van der Waals surface area contributed by atoms with Crippen molar-refractivity contribution in [2.24, 2.45) is 5.92 Å². The van der Waals surface area contributed by atoms with Crippen LogP contribution in [0.1, 0.15) is 38.3 Å². The van der Waals surface area contributed by atoms with Gasteiger partial charge in [0.15, 0.2) is 5.82 Å². The first-order valence-electron chi connectivity index (χ1n) is 6.82. The van der Waals surface area contributed by atoms with E-state index in [1.54, 1.807) is 0 Å². The zero-order chi connectivity index (χ0) is 12.8. The van der Waals surface area contributed by atoms with Gasteiger partial charge in [-0.3, -0.25) is 9.89 Å². The molecule has 1 aliphatic rings. The summed E-state index contributed by atoms with van der Waals surface area (Å²) in [5, 5.41) is 13.2. The molecule has 100 valence electrons. The molecule has 0 aromatic carbocycles. The van der Waals surface area contributed by atoms with E-state index in [1.165, 1.54) is 6.42 Å². The number of hydrogen-bond acceptors (Lipinski definition) is 3. The predicted molar refractivity (Wildman–Crippen MR) is 71.4 cm³/mol. The van der Waals surface area contributed by atoms with Crippen LogP contribution in [0.25, 0.3) is 0 Å². The first-order chi connectivity index (χ1) is 8.78. The minimum absolute atomic E-state index is 0.0662. The fourth-order valence-electron chi connectivity index (χ4n) is 2.32. The van der Waals surface area contributed by atoms with Crippen molar-refractivity contribution >= 4 is 11.7 Å². The lowest BCUT2D eigenvalue weighted by Gasteiger charge is -2.06. The molecule has 1 amide bonds. The summed E-state index contributed by atoms with van der Waals surface area (Å²) in [7, 11) is 0. The van der Waals surface area contributed by atoms with Gasteiger partial charge < -0.3 is 10.6 Å². The van der Waals surface area contributed by atoms with Crippen LogP contribution in [-0.2, 0) is 11.2 Å². The third kappa shape index (κ3) is 3.84. The van der Waals surface area contributed by atoms with Crippen LogP contribution in [0.2, 0.25) is 0 Å². The number of nitrogens with one attached hydrogen (secondary N) is 3. The number of aromatic amines is 1. The number of amides is 1. The lowest BCUT2D eigenvalue weighted by molar-refractivity contribution is -0.116. The van der Waals surface area contributed by atoms with Crippen LogP contribution in [0, 0.1) is 5.92 Å². The third-order valence-electron chi connectivity index (χ3n) is 3.36. The fourth-order valence-corrected chi connectivity index (χ4v) is 2.32. The highest BCUT2D eigenvalue weighted by Gasteiger charge is 2.16. The Balaban J connectivity index is 1.72. The monoisotopic (exact) mass is 250 g/mol. The van der Waals surface area contributed by atoms with Gasteiger partial charge in [-0.15, -0.1) is 0 Å². The van der Waals surface area contributed by atoms with E-state index < -0.39 is 0 Å². The van der Waals surface area contributed by atoms with Gasteiger partial charge in [-0.1, -0.05) is 13.3 Å². The van der Waals surface area contributed by atoms with Crippen LogP contribution in [0.15, 0.2) is 6.07 Å². The Morgan fingerprint density at radius 2 is 2.50 bits per heavy atom. The SMILES string of the molecule is CCCc1cc(NC(=O)CCC2CCNC2)n[nH]1. The number of nitrogens with zero attached hydrogens (tertiary/aromatic N) is 1. The van der Waals surface area contributed by atoms with Crippen molar-refractivity contribution in [3.05, 3.63) is 11.8 Å². The summed E-state index contributed by atoms with van der Waals surface area (Å²) in [4.78, 5) is 11.8. The van der Waals surface area contributed by atoms with Crippen LogP contribution in [0.5, 0.6) is 0 Å². The second-order valence-electron chi connectivity index (χ2n) is 4.97. The van der Waals surface area contributed by atoms with Crippen molar-refractivity contribution < 1.29 is 4.79 Å². The van der Waals surface area contributed by atoms with Gasteiger partial charge >= 0.3 is 0 Å². The summed E-state index contributed by atoms with van der Waals surface area (Å²) in [6.07, 6.45) is 4.78. The van der Waals surface area contributed by atoms with Gasteiger partial charge in [-0.25, -0.2) is 0 Å². The van der Waals surface area contributed by atoms with Crippen molar-refractivity contribution in [1.29, 1.82) is 0 Å². The summed E-state index contributed by atoms with van der Waals surface area (Å²) >= 11 is 0. The van der Waals surface area contributed by atoms with E-state index in [-0.39, 0.29) is 5.91 Å². The molecule has 0 bridgehead atoms. The molecule has 0 radical (unpaired) electrons. The summed E-state index contributed by atoms with van der Waals surface area (Å²) in [5.74, 6) is 1.37. The Bertz CT molecular complexity index is 382. The summed E-state index contributed by atoms with van der Waals surface area (Å²) in [6, 6.07) is 1.92. The molecule has 1 aromatic rings. The Morgan fingerprint density at radius 3 is 3.22 bits per heavy atom. The number of carbonyl (C=O) groups excluding carboxylic acids is 1. The van der Waals surface area contributed by atoms with Gasteiger partial charge in [0.25, 0.3) is 0 Å². The van der Waals surface area contributed by atoms with Crippen LogP contribution in [0.4, 0.5) is 5.82 Å². The van der Waals surface area contributed by atoms with Crippen LogP contribution >= 0.6 is 0 Å². The van der Waals surface area contributed by atoms with Gasteiger partial charge in [-0.05, 0) is 38.3 Å². The molecule has 1 aliphatic heterocycles. The highest BCUT2D eigenvalue weighted by atomic mass is 16.1. The van der Waals surface area contributed by atoms with Gasteiger partial charge in [0.05, 0.1) is 0 Å². The standard InChI is InChI=1S/C13H22N4O/c1-2-3-11-8-12(17-16-11)15-13(18)5-4-10-6-7-14-9-10/h8,10,14H,2-7,9H2,1H3,(H2,15,16,17,18). The average Bonchev–Trinajstić information content (AvgIpc) is 2.99. The molecule has 2 heterocycles. The van der Waals surface area contributed by atoms with E-state index in [0.29, 0.717) is 18.2 Å². The molecule has 5 heteroatoms. The molecule has 0 saturated carbocycles. The number of carbonyl (C=O) groups is 1. The normalized spacial score (nSPS) is 19.1. The molecule has 2 rings (SSSR count). The number of rotatable bonds is 6. The molecule has 1 fully saturated rings. The largest absolute Gasteiger partial charge is 0.316 e. The first kappa shape index (κ1) is 13.1. The number of anilines is 1. The fraction of sp³-hybridized carbons (Fsp3) is 0.692. The Hall–Kier alpha value is -1.36. The topological polar surface area (TPSA) is 69.8 Å². The first-order valence-corrected chi connectivity index (χ1v) is 6.82. The maximum absolute atomic E-state index is 11.8. The van der Waals surface area contributed by atoms with E-state index in [1.807, 2.05) is 6.07 Å². The lowest BCUT2D eigenvalue weighted by atomic mass is 10.0. The maximum Gasteiger partial charge on any atom is 0.225 e. The van der Waals surface area contributed by atoms with Gasteiger partial charge in [0, 0.05) is 18.2 Å². The Morgan fingerprint density at radius 1 is 1.61 bits per heavy atom. The van der Waals surface area contributed by atoms with E-state index >= 15 is 0 Å². The molecule has 18 heavy (non-hydrogen) atoms. The zero-order valence-corrected chi connectivity index (χ0v) is 11.0. The van der Waals surface area contributed by atoms with Crippen molar-refractivity contribution in [3.63, 3.8) is 0 Å². The number of aromatic nitrogens is 2. The predicted octanol–water partition coefficient (Wildman–Crippen LogP) is 1.69. The van der Waals surface area contributed by atoms with Crippen molar-refractivity contribution in [2.75, 3.05) is 18.4 Å². The highest BCUT2D eigenvalue weighted by molar-refractivity contribution is 5.89. The maximum atomic E-state index is 11.8. The smallest absolute Gasteiger partial charge is 0.225 e. The van der Waals surface area contributed by atoms with E-state index in [0.717, 1.165) is 38.0 Å². The second-order valence-corrected chi connectivity index (χ2v) is 4.97. The lowest BCUT2D eigenvalue weighted by Crippen LogP contribution is -2.15. The van der Waals surface area contributed by atoms with Crippen molar-refractivity contribution in [3.8, 4) is 0 Å². The molecule has 1 atom stereocenters.